The Labute approximate surface area is 115 Å². The van der Waals surface area contributed by atoms with E-state index >= 15 is 0 Å². The number of carbonyl (C=O) groups excluding carboxylic acids is 1. The number of nitrogens with zero attached hydrogens (tertiary/aromatic N) is 4. The Morgan fingerprint density at radius 3 is 3.00 bits per heavy atom. The Morgan fingerprint density at radius 2 is 2.30 bits per heavy atom. The minimum Gasteiger partial charge on any atom is -0.493 e. The summed E-state index contributed by atoms with van der Waals surface area (Å²) in [5.41, 5.74) is 0.632. The van der Waals surface area contributed by atoms with Crippen LogP contribution in [-0.4, -0.2) is 36.8 Å². The molecule has 0 bridgehead atoms. The zero-order valence-electron chi connectivity index (χ0n) is 11.2. The quantitative estimate of drug-likeness (QED) is 0.740. The van der Waals surface area contributed by atoms with Gasteiger partial charge in [-0.3, -0.25) is 9.48 Å². The molecule has 0 aliphatic rings. The molecule has 1 amide bonds. The molecule has 0 aliphatic heterocycles. The fraction of sp³-hybridized carbons (Fsp3) is 0.333. The van der Waals surface area contributed by atoms with Crippen molar-refractivity contribution < 1.29 is 9.90 Å². The highest BCUT2D eigenvalue weighted by atomic mass is 16.3. The van der Waals surface area contributed by atoms with Crippen molar-refractivity contribution in [2.24, 2.45) is 0 Å². The minimum atomic E-state index is -0.119. The Balaban J connectivity index is 1.97. The van der Waals surface area contributed by atoms with Gasteiger partial charge in [-0.2, -0.15) is 10.1 Å². The van der Waals surface area contributed by atoms with Crippen LogP contribution in [0.2, 0.25) is 0 Å². The molecule has 0 fully saturated rings. The van der Waals surface area contributed by atoms with Gasteiger partial charge in [0.1, 0.15) is 6.54 Å². The number of nitrogens with one attached hydrogen (secondary N) is 2. The molecule has 0 aromatic carbocycles. The highest BCUT2D eigenvalue weighted by Gasteiger charge is 2.07. The van der Waals surface area contributed by atoms with Crippen LogP contribution >= 0.6 is 0 Å². The average Bonchev–Trinajstić information content (AvgIpc) is 2.75. The molecule has 2 heterocycles. The third kappa shape index (κ3) is 3.94. The van der Waals surface area contributed by atoms with E-state index in [1.165, 1.54) is 16.9 Å². The number of hydrogen-bond donors (Lipinski definition) is 3. The maximum atomic E-state index is 11.6. The van der Waals surface area contributed by atoms with Crippen LogP contribution in [0.1, 0.15) is 13.8 Å². The predicted octanol–water partition coefficient (Wildman–Crippen LogP) is 0.647. The highest BCUT2D eigenvalue weighted by Crippen LogP contribution is 2.13. The number of aromatic nitrogens is 4. The Hall–Kier alpha value is -2.64. The smallest absolute Gasteiger partial charge is 0.241 e. The van der Waals surface area contributed by atoms with Crippen LogP contribution in [-0.2, 0) is 11.3 Å². The normalized spacial score (nSPS) is 10.6. The van der Waals surface area contributed by atoms with Gasteiger partial charge in [-0.05, 0) is 13.8 Å². The fourth-order valence-corrected chi connectivity index (χ4v) is 1.57. The van der Waals surface area contributed by atoms with Crippen molar-refractivity contribution in [2.75, 3.05) is 5.32 Å². The second-order valence-electron chi connectivity index (χ2n) is 4.51. The molecule has 106 valence electrons. The third-order valence-electron chi connectivity index (χ3n) is 2.29. The second kappa shape index (κ2) is 6.00. The number of aromatic hydroxyl groups is 1. The molecule has 0 aliphatic carbocycles. The first kappa shape index (κ1) is 13.8. The van der Waals surface area contributed by atoms with Crippen LogP contribution in [0.4, 0.5) is 11.6 Å². The van der Waals surface area contributed by atoms with Crippen molar-refractivity contribution in [1.29, 1.82) is 0 Å². The van der Waals surface area contributed by atoms with E-state index in [1.807, 2.05) is 13.8 Å². The van der Waals surface area contributed by atoms with Gasteiger partial charge in [-0.1, -0.05) is 0 Å². The van der Waals surface area contributed by atoms with Crippen molar-refractivity contribution >= 4 is 17.5 Å². The van der Waals surface area contributed by atoms with Crippen LogP contribution in [0, 0.1) is 0 Å². The van der Waals surface area contributed by atoms with E-state index in [4.69, 9.17) is 0 Å². The summed E-state index contributed by atoms with van der Waals surface area (Å²) in [6.07, 6.45) is 4.65. The molecule has 0 atom stereocenters. The minimum absolute atomic E-state index is 0.0938. The monoisotopic (exact) mass is 276 g/mol. The number of hydrogen-bond acceptors (Lipinski definition) is 6. The van der Waals surface area contributed by atoms with E-state index in [1.54, 1.807) is 12.4 Å². The molecular weight excluding hydrogens is 260 g/mol. The van der Waals surface area contributed by atoms with Crippen LogP contribution in [0.3, 0.4) is 0 Å². The van der Waals surface area contributed by atoms with E-state index < -0.39 is 0 Å². The molecule has 2 aromatic heterocycles. The Bertz CT molecular complexity index is 595. The number of amides is 1. The first-order valence-electron chi connectivity index (χ1n) is 6.14. The molecule has 0 saturated carbocycles. The molecular formula is C12H16N6O2. The molecule has 2 rings (SSSR count). The van der Waals surface area contributed by atoms with Crippen LogP contribution < -0.4 is 10.6 Å². The van der Waals surface area contributed by atoms with Gasteiger partial charge < -0.3 is 15.7 Å². The third-order valence-corrected chi connectivity index (χ3v) is 2.29. The molecule has 20 heavy (non-hydrogen) atoms. The maximum absolute atomic E-state index is 11.6. The van der Waals surface area contributed by atoms with E-state index in [0.717, 1.165) is 0 Å². The summed E-state index contributed by atoms with van der Waals surface area (Å²) in [5.74, 6) is 0.0330. The SMILES string of the molecule is CC(C)NC(=O)Cn1cc(Nc2nccc(O)n2)cn1. The summed E-state index contributed by atoms with van der Waals surface area (Å²) in [6.45, 7) is 3.93. The molecule has 8 nitrogen and oxygen atoms in total. The number of anilines is 2. The molecule has 3 N–H and O–H groups in total. The van der Waals surface area contributed by atoms with Crippen molar-refractivity contribution in [3.8, 4) is 5.88 Å². The lowest BCUT2D eigenvalue weighted by Crippen LogP contribution is -2.33. The van der Waals surface area contributed by atoms with Crippen molar-refractivity contribution in [1.82, 2.24) is 25.1 Å². The molecule has 0 radical (unpaired) electrons. The van der Waals surface area contributed by atoms with Gasteiger partial charge >= 0.3 is 0 Å². The molecule has 2 aromatic rings. The van der Waals surface area contributed by atoms with Crippen LogP contribution in [0.15, 0.2) is 24.7 Å². The Morgan fingerprint density at radius 1 is 1.50 bits per heavy atom. The van der Waals surface area contributed by atoms with Crippen LogP contribution in [0.25, 0.3) is 0 Å². The van der Waals surface area contributed by atoms with Gasteiger partial charge in [0.25, 0.3) is 0 Å². The molecule has 8 heteroatoms. The average molecular weight is 276 g/mol. The lowest BCUT2D eigenvalue weighted by atomic mass is 10.4. The molecule has 0 unspecified atom stereocenters. The standard InChI is InChI=1S/C12H16N6O2/c1-8(2)15-11(20)7-18-6-9(5-14-18)16-12-13-4-3-10(19)17-12/h3-6,8H,7H2,1-2H3,(H,15,20)(H2,13,16,17,19). The summed E-state index contributed by atoms with van der Waals surface area (Å²) < 4.78 is 1.50. The lowest BCUT2D eigenvalue weighted by Gasteiger charge is -2.07. The summed E-state index contributed by atoms with van der Waals surface area (Å²) in [6, 6.07) is 1.47. The number of rotatable bonds is 5. The first-order chi connectivity index (χ1) is 9.52. The summed E-state index contributed by atoms with van der Waals surface area (Å²) in [7, 11) is 0. The summed E-state index contributed by atoms with van der Waals surface area (Å²) >= 11 is 0. The van der Waals surface area contributed by atoms with Gasteiger partial charge in [0.05, 0.1) is 11.9 Å². The summed E-state index contributed by atoms with van der Waals surface area (Å²) in [5, 5.41) is 19.0. The first-order valence-corrected chi connectivity index (χ1v) is 6.14. The van der Waals surface area contributed by atoms with Gasteiger partial charge in [0.15, 0.2) is 0 Å². The number of carbonyl (C=O) groups is 1. The van der Waals surface area contributed by atoms with Crippen LogP contribution in [0.5, 0.6) is 5.88 Å². The predicted molar refractivity (Wildman–Crippen MR) is 72.5 cm³/mol. The zero-order valence-corrected chi connectivity index (χ0v) is 11.2. The van der Waals surface area contributed by atoms with Crippen molar-refractivity contribution in [2.45, 2.75) is 26.4 Å². The Kier molecular flexibility index (Phi) is 4.14. The second-order valence-corrected chi connectivity index (χ2v) is 4.51. The largest absolute Gasteiger partial charge is 0.493 e. The topological polar surface area (TPSA) is 105 Å². The van der Waals surface area contributed by atoms with Crippen molar-refractivity contribution in [3.63, 3.8) is 0 Å². The highest BCUT2D eigenvalue weighted by molar-refractivity contribution is 5.76. The van der Waals surface area contributed by atoms with Crippen molar-refractivity contribution in [3.05, 3.63) is 24.7 Å². The lowest BCUT2D eigenvalue weighted by molar-refractivity contribution is -0.122. The van der Waals surface area contributed by atoms with Gasteiger partial charge in [0.2, 0.25) is 17.7 Å². The fourth-order valence-electron chi connectivity index (χ4n) is 1.57. The molecule has 0 spiro atoms. The zero-order chi connectivity index (χ0) is 14.5. The van der Waals surface area contributed by atoms with E-state index in [9.17, 15) is 9.90 Å². The van der Waals surface area contributed by atoms with Gasteiger partial charge in [0, 0.05) is 24.5 Å². The van der Waals surface area contributed by atoms with E-state index in [2.05, 4.69) is 25.7 Å². The van der Waals surface area contributed by atoms with E-state index in [-0.39, 0.29) is 30.3 Å². The van der Waals surface area contributed by atoms with Gasteiger partial charge in [-0.25, -0.2) is 4.98 Å². The maximum Gasteiger partial charge on any atom is 0.241 e. The summed E-state index contributed by atoms with van der Waals surface area (Å²) in [4.78, 5) is 19.3. The van der Waals surface area contributed by atoms with E-state index in [0.29, 0.717) is 5.69 Å². The van der Waals surface area contributed by atoms with Gasteiger partial charge in [-0.15, -0.1) is 0 Å². The molecule has 0 saturated heterocycles.